The van der Waals surface area contributed by atoms with E-state index in [1.54, 1.807) is 6.92 Å². The number of aliphatic hydroxyl groups is 2. The molecular weight excluding hydrogens is 320 g/mol. The summed E-state index contributed by atoms with van der Waals surface area (Å²) in [5.41, 5.74) is 0. The van der Waals surface area contributed by atoms with Gasteiger partial charge in [-0.2, -0.15) is 0 Å². The van der Waals surface area contributed by atoms with Crippen LogP contribution in [0.1, 0.15) is 52.9 Å². The van der Waals surface area contributed by atoms with E-state index >= 15 is 0 Å². The fraction of sp³-hybridized carbons (Fsp3) is 0.812. The van der Waals surface area contributed by atoms with Gasteiger partial charge in [0.15, 0.2) is 0 Å². The highest BCUT2D eigenvalue weighted by atomic mass is 16.6. The smallest absolute Gasteiger partial charge is 0.309 e. The Morgan fingerprint density at radius 3 is 1.67 bits per heavy atom. The predicted octanol–water partition coefficient (Wildman–Crippen LogP) is 0.467. The molecule has 0 saturated carbocycles. The summed E-state index contributed by atoms with van der Waals surface area (Å²) in [4.78, 5) is 35.2. The third kappa shape index (κ3) is 7.27. The standard InChI is InChI=1S/C16H26O8/c1-9-8-16(21)24-11(3)13(18)5-7-15(20)23-10(2)12(17)4-6-14(19)22-9/h9-13,17-18H,4-8H2,1-3H3/t9-,10+,11+,12-,13-/m1/s1. The van der Waals surface area contributed by atoms with Gasteiger partial charge in [0.1, 0.15) is 18.3 Å². The van der Waals surface area contributed by atoms with Crippen LogP contribution in [0.2, 0.25) is 0 Å². The van der Waals surface area contributed by atoms with Crippen molar-refractivity contribution in [2.24, 2.45) is 0 Å². The Hall–Kier alpha value is -1.67. The Kier molecular flexibility index (Phi) is 8.14. The minimum absolute atomic E-state index is 0.0580. The molecule has 0 aromatic carbocycles. The number of ether oxygens (including phenoxy) is 3. The molecular formula is C16H26O8. The number of hydrogen-bond donors (Lipinski definition) is 2. The van der Waals surface area contributed by atoms with Gasteiger partial charge in [0.05, 0.1) is 18.6 Å². The van der Waals surface area contributed by atoms with E-state index < -0.39 is 48.4 Å². The first kappa shape index (κ1) is 20.4. The molecule has 1 rings (SSSR count). The second-order valence-corrected chi connectivity index (χ2v) is 6.11. The maximum atomic E-state index is 11.8. The SMILES string of the molecule is C[C@@H]1CC(=O)O[C@@H](C)[C@H](O)CCC(=O)O[C@@H](C)[C@H](O)CCC(=O)O1. The molecule has 0 spiro atoms. The second kappa shape index (κ2) is 9.58. The number of esters is 3. The largest absolute Gasteiger partial charge is 0.462 e. The van der Waals surface area contributed by atoms with Gasteiger partial charge in [-0.15, -0.1) is 0 Å². The van der Waals surface area contributed by atoms with Gasteiger partial charge in [-0.1, -0.05) is 0 Å². The van der Waals surface area contributed by atoms with Crippen LogP contribution in [-0.4, -0.2) is 58.6 Å². The molecule has 0 aliphatic carbocycles. The quantitative estimate of drug-likeness (QED) is 0.480. The third-order valence-corrected chi connectivity index (χ3v) is 3.79. The summed E-state index contributed by atoms with van der Waals surface area (Å²) in [6, 6.07) is 0. The molecule has 1 fully saturated rings. The first-order chi connectivity index (χ1) is 11.2. The highest BCUT2D eigenvalue weighted by Gasteiger charge is 2.25. The van der Waals surface area contributed by atoms with Gasteiger partial charge in [0, 0.05) is 12.8 Å². The molecule has 2 N–H and O–H groups in total. The van der Waals surface area contributed by atoms with Crippen molar-refractivity contribution in [2.75, 3.05) is 0 Å². The molecule has 0 bridgehead atoms. The van der Waals surface area contributed by atoms with Crippen molar-refractivity contribution < 1.29 is 38.8 Å². The lowest BCUT2D eigenvalue weighted by atomic mass is 10.1. The monoisotopic (exact) mass is 346 g/mol. The number of carbonyl (C=O) groups excluding carboxylic acids is 3. The first-order valence-corrected chi connectivity index (χ1v) is 8.13. The molecule has 1 aliphatic heterocycles. The van der Waals surface area contributed by atoms with Crippen LogP contribution in [0.5, 0.6) is 0 Å². The Balaban J connectivity index is 2.74. The molecule has 1 heterocycles. The maximum absolute atomic E-state index is 11.8. The van der Waals surface area contributed by atoms with Crippen molar-refractivity contribution in [1.82, 2.24) is 0 Å². The van der Waals surface area contributed by atoms with Gasteiger partial charge >= 0.3 is 17.9 Å². The third-order valence-electron chi connectivity index (χ3n) is 3.79. The summed E-state index contributed by atoms with van der Waals surface area (Å²) in [6.45, 7) is 4.60. The zero-order valence-electron chi connectivity index (χ0n) is 14.3. The predicted molar refractivity (Wildman–Crippen MR) is 81.8 cm³/mol. The van der Waals surface area contributed by atoms with Crippen LogP contribution < -0.4 is 0 Å². The number of cyclic esters (lactones) is 3. The number of hydrogen-bond acceptors (Lipinski definition) is 8. The van der Waals surface area contributed by atoms with Gasteiger partial charge < -0.3 is 24.4 Å². The number of carbonyl (C=O) groups is 3. The summed E-state index contributed by atoms with van der Waals surface area (Å²) in [5.74, 6) is -1.75. The fourth-order valence-corrected chi connectivity index (χ4v) is 2.24. The van der Waals surface area contributed by atoms with Gasteiger partial charge in [0.2, 0.25) is 0 Å². The van der Waals surface area contributed by atoms with Gasteiger partial charge in [-0.3, -0.25) is 14.4 Å². The van der Waals surface area contributed by atoms with Crippen LogP contribution in [0, 0.1) is 0 Å². The normalized spacial score (nSPS) is 34.9. The van der Waals surface area contributed by atoms with Crippen LogP contribution in [0.4, 0.5) is 0 Å². The van der Waals surface area contributed by atoms with Crippen molar-refractivity contribution >= 4 is 17.9 Å². The van der Waals surface area contributed by atoms with E-state index in [1.165, 1.54) is 13.8 Å². The van der Waals surface area contributed by atoms with Crippen LogP contribution in [0.3, 0.4) is 0 Å². The van der Waals surface area contributed by atoms with Gasteiger partial charge in [0.25, 0.3) is 0 Å². The van der Waals surface area contributed by atoms with Crippen LogP contribution in [-0.2, 0) is 28.6 Å². The zero-order valence-corrected chi connectivity index (χ0v) is 14.3. The molecule has 0 unspecified atom stereocenters. The lowest BCUT2D eigenvalue weighted by molar-refractivity contribution is -0.162. The Bertz CT molecular complexity index is 449. The molecule has 1 aliphatic rings. The summed E-state index contributed by atoms with van der Waals surface area (Å²) in [5, 5.41) is 19.8. The van der Waals surface area contributed by atoms with Crippen LogP contribution >= 0.6 is 0 Å². The Morgan fingerprint density at radius 2 is 1.17 bits per heavy atom. The van der Waals surface area contributed by atoms with Crippen molar-refractivity contribution in [3.05, 3.63) is 0 Å². The van der Waals surface area contributed by atoms with E-state index in [9.17, 15) is 24.6 Å². The van der Waals surface area contributed by atoms with Gasteiger partial charge in [-0.25, -0.2) is 0 Å². The van der Waals surface area contributed by atoms with E-state index in [1.807, 2.05) is 0 Å². The Labute approximate surface area is 141 Å². The molecule has 0 aromatic rings. The van der Waals surface area contributed by atoms with Crippen molar-refractivity contribution in [3.63, 3.8) is 0 Å². The summed E-state index contributed by atoms with van der Waals surface area (Å²) >= 11 is 0. The minimum atomic E-state index is -1.02. The average molecular weight is 346 g/mol. The summed E-state index contributed by atoms with van der Waals surface area (Å²) < 4.78 is 15.2. The lowest BCUT2D eigenvalue weighted by Gasteiger charge is -2.23. The molecule has 8 heteroatoms. The highest BCUT2D eigenvalue weighted by molar-refractivity contribution is 5.73. The van der Waals surface area contributed by atoms with Crippen molar-refractivity contribution in [2.45, 2.75) is 83.4 Å². The average Bonchev–Trinajstić information content (AvgIpc) is 2.48. The van der Waals surface area contributed by atoms with E-state index in [2.05, 4.69) is 0 Å². The molecule has 0 radical (unpaired) electrons. The molecule has 5 atom stereocenters. The van der Waals surface area contributed by atoms with E-state index in [4.69, 9.17) is 14.2 Å². The molecule has 8 nitrogen and oxygen atoms in total. The van der Waals surface area contributed by atoms with E-state index in [0.717, 1.165) is 0 Å². The molecule has 24 heavy (non-hydrogen) atoms. The molecule has 0 amide bonds. The molecule has 138 valence electrons. The second-order valence-electron chi connectivity index (χ2n) is 6.11. The first-order valence-electron chi connectivity index (χ1n) is 8.13. The summed E-state index contributed by atoms with van der Waals surface area (Å²) in [6.07, 6.45) is -4.39. The zero-order chi connectivity index (χ0) is 18.3. The topological polar surface area (TPSA) is 119 Å². The minimum Gasteiger partial charge on any atom is -0.462 e. The van der Waals surface area contributed by atoms with Crippen molar-refractivity contribution in [3.8, 4) is 0 Å². The summed E-state index contributed by atoms with van der Waals surface area (Å²) in [7, 11) is 0. The molecule has 0 aromatic heterocycles. The van der Waals surface area contributed by atoms with E-state index in [-0.39, 0.29) is 32.1 Å². The van der Waals surface area contributed by atoms with Crippen LogP contribution in [0.15, 0.2) is 0 Å². The van der Waals surface area contributed by atoms with Crippen LogP contribution in [0.25, 0.3) is 0 Å². The fourth-order valence-electron chi connectivity index (χ4n) is 2.24. The highest BCUT2D eigenvalue weighted by Crippen LogP contribution is 2.14. The Morgan fingerprint density at radius 1 is 0.750 bits per heavy atom. The maximum Gasteiger partial charge on any atom is 0.309 e. The van der Waals surface area contributed by atoms with Crippen molar-refractivity contribution in [1.29, 1.82) is 0 Å². The lowest BCUT2D eigenvalue weighted by Crippen LogP contribution is -2.33. The van der Waals surface area contributed by atoms with E-state index in [0.29, 0.717) is 0 Å². The van der Waals surface area contributed by atoms with Gasteiger partial charge in [-0.05, 0) is 33.6 Å². The molecule has 1 saturated heterocycles. The number of aliphatic hydroxyl groups excluding tert-OH is 2. The number of rotatable bonds is 0.